The second-order valence-corrected chi connectivity index (χ2v) is 6.21. The lowest BCUT2D eigenvalue weighted by molar-refractivity contribution is 0.162. The molecule has 2 heterocycles. The Morgan fingerprint density at radius 1 is 1.53 bits per heavy atom. The Balaban J connectivity index is 1.83. The molecule has 1 aromatic rings. The van der Waals surface area contributed by atoms with Crippen molar-refractivity contribution in [3.63, 3.8) is 0 Å². The van der Waals surface area contributed by atoms with E-state index >= 15 is 0 Å². The van der Waals surface area contributed by atoms with Gasteiger partial charge in [-0.05, 0) is 44.0 Å². The van der Waals surface area contributed by atoms with Crippen LogP contribution in [0.1, 0.15) is 32.4 Å². The van der Waals surface area contributed by atoms with Gasteiger partial charge < -0.3 is 5.32 Å². The van der Waals surface area contributed by atoms with Gasteiger partial charge in [0.1, 0.15) is 0 Å². The monoisotopic (exact) mass is 281 g/mol. The van der Waals surface area contributed by atoms with Crippen molar-refractivity contribution in [1.82, 2.24) is 15.2 Å². The molecule has 106 valence electrons. The van der Waals surface area contributed by atoms with Crippen LogP contribution in [0.2, 0.25) is 5.02 Å². The summed E-state index contributed by atoms with van der Waals surface area (Å²) in [5.41, 5.74) is 1.07. The molecule has 1 saturated heterocycles. The predicted molar refractivity (Wildman–Crippen MR) is 80.4 cm³/mol. The van der Waals surface area contributed by atoms with Crippen LogP contribution >= 0.6 is 11.6 Å². The highest BCUT2D eigenvalue weighted by atomic mass is 35.5. The molecule has 3 nitrogen and oxygen atoms in total. The molecule has 19 heavy (non-hydrogen) atoms. The van der Waals surface area contributed by atoms with E-state index in [0.717, 1.165) is 36.3 Å². The molecule has 0 bridgehead atoms. The van der Waals surface area contributed by atoms with Gasteiger partial charge in [0.05, 0.1) is 5.69 Å². The summed E-state index contributed by atoms with van der Waals surface area (Å²) in [5.74, 6) is 0.760. The zero-order chi connectivity index (χ0) is 13.7. The van der Waals surface area contributed by atoms with Crippen LogP contribution in [0.5, 0.6) is 0 Å². The first-order chi connectivity index (χ1) is 9.13. The average molecular weight is 282 g/mol. The van der Waals surface area contributed by atoms with Crippen molar-refractivity contribution in [2.45, 2.75) is 39.3 Å². The van der Waals surface area contributed by atoms with E-state index < -0.39 is 0 Å². The number of rotatable bonds is 5. The minimum absolute atomic E-state index is 0.574. The maximum absolute atomic E-state index is 6.01. The summed E-state index contributed by atoms with van der Waals surface area (Å²) in [7, 11) is 0. The fourth-order valence-corrected chi connectivity index (χ4v) is 2.81. The third-order valence-electron chi connectivity index (χ3n) is 3.58. The van der Waals surface area contributed by atoms with Crippen molar-refractivity contribution in [1.29, 1.82) is 0 Å². The van der Waals surface area contributed by atoms with E-state index in [-0.39, 0.29) is 0 Å². The molecule has 2 rings (SSSR count). The molecule has 1 aliphatic rings. The first kappa shape index (κ1) is 14.8. The molecular formula is C15H24ClN3. The first-order valence-electron chi connectivity index (χ1n) is 7.19. The van der Waals surface area contributed by atoms with Crippen molar-refractivity contribution in [2.75, 3.05) is 19.6 Å². The summed E-state index contributed by atoms with van der Waals surface area (Å²) in [6, 6.07) is 4.37. The van der Waals surface area contributed by atoms with Crippen LogP contribution in [0.3, 0.4) is 0 Å². The normalized spacial score (nSPS) is 20.9. The van der Waals surface area contributed by atoms with Crippen molar-refractivity contribution in [2.24, 2.45) is 5.92 Å². The fourth-order valence-electron chi connectivity index (χ4n) is 2.63. The fraction of sp³-hybridized carbons (Fsp3) is 0.667. The number of nitrogens with zero attached hydrogens (tertiary/aromatic N) is 2. The van der Waals surface area contributed by atoms with E-state index in [4.69, 9.17) is 11.6 Å². The molecule has 0 spiro atoms. The topological polar surface area (TPSA) is 28.2 Å². The van der Waals surface area contributed by atoms with E-state index in [1.54, 1.807) is 6.20 Å². The summed E-state index contributed by atoms with van der Waals surface area (Å²) in [5, 5.41) is 4.32. The second-order valence-electron chi connectivity index (χ2n) is 5.77. The van der Waals surface area contributed by atoms with E-state index in [0.29, 0.717) is 6.04 Å². The van der Waals surface area contributed by atoms with E-state index in [1.807, 2.05) is 12.1 Å². The van der Waals surface area contributed by atoms with E-state index in [2.05, 4.69) is 29.0 Å². The molecule has 1 fully saturated rings. The standard InChI is InChI=1S/C15H24ClN3/c1-12(2)18-9-13-4-3-7-19(10-13)11-15-8-14(16)5-6-17-15/h5-6,8,12-13,18H,3-4,7,9-11H2,1-2H3. The highest BCUT2D eigenvalue weighted by Crippen LogP contribution is 2.18. The van der Waals surface area contributed by atoms with Crippen LogP contribution in [0.25, 0.3) is 0 Å². The summed E-state index contributed by atoms with van der Waals surface area (Å²) in [4.78, 5) is 6.89. The van der Waals surface area contributed by atoms with Gasteiger partial charge in [-0.25, -0.2) is 0 Å². The zero-order valence-electron chi connectivity index (χ0n) is 11.9. The minimum Gasteiger partial charge on any atom is -0.314 e. The summed E-state index contributed by atoms with van der Waals surface area (Å²) in [6.07, 6.45) is 4.41. The lowest BCUT2D eigenvalue weighted by Crippen LogP contribution is -2.40. The molecule has 0 radical (unpaired) electrons. The van der Waals surface area contributed by atoms with Crippen LogP contribution in [-0.2, 0) is 6.54 Å². The molecule has 0 amide bonds. The van der Waals surface area contributed by atoms with Crippen molar-refractivity contribution in [3.8, 4) is 0 Å². The van der Waals surface area contributed by atoms with Crippen LogP contribution < -0.4 is 5.32 Å². The van der Waals surface area contributed by atoms with Gasteiger partial charge >= 0.3 is 0 Å². The van der Waals surface area contributed by atoms with Crippen molar-refractivity contribution in [3.05, 3.63) is 29.0 Å². The van der Waals surface area contributed by atoms with Crippen LogP contribution in [0.15, 0.2) is 18.3 Å². The van der Waals surface area contributed by atoms with Gasteiger partial charge in [0.15, 0.2) is 0 Å². The molecule has 1 aromatic heterocycles. The van der Waals surface area contributed by atoms with Gasteiger partial charge in [-0.2, -0.15) is 0 Å². The molecule has 0 saturated carbocycles. The maximum atomic E-state index is 6.01. The summed E-state index contributed by atoms with van der Waals surface area (Å²) >= 11 is 6.01. The molecule has 0 aromatic carbocycles. The smallest absolute Gasteiger partial charge is 0.0558 e. The molecule has 1 aliphatic heterocycles. The Morgan fingerprint density at radius 3 is 3.11 bits per heavy atom. The molecule has 4 heteroatoms. The van der Waals surface area contributed by atoms with Crippen molar-refractivity contribution >= 4 is 11.6 Å². The van der Waals surface area contributed by atoms with E-state index in [9.17, 15) is 0 Å². The van der Waals surface area contributed by atoms with Gasteiger partial charge in [0.25, 0.3) is 0 Å². The highest BCUT2D eigenvalue weighted by molar-refractivity contribution is 6.30. The number of piperidine rings is 1. The van der Waals surface area contributed by atoms with Gasteiger partial charge in [-0.1, -0.05) is 25.4 Å². The molecule has 1 unspecified atom stereocenters. The quantitative estimate of drug-likeness (QED) is 0.899. The molecular weight excluding hydrogens is 258 g/mol. The van der Waals surface area contributed by atoms with Gasteiger partial charge in [0.2, 0.25) is 0 Å². The number of aromatic nitrogens is 1. The first-order valence-corrected chi connectivity index (χ1v) is 7.57. The highest BCUT2D eigenvalue weighted by Gasteiger charge is 2.20. The average Bonchev–Trinajstić information content (AvgIpc) is 2.37. The lowest BCUT2D eigenvalue weighted by atomic mass is 9.97. The second kappa shape index (κ2) is 7.22. The van der Waals surface area contributed by atoms with Gasteiger partial charge in [-0.3, -0.25) is 9.88 Å². The molecule has 1 N–H and O–H groups in total. The van der Waals surface area contributed by atoms with Gasteiger partial charge in [0, 0.05) is 30.4 Å². The Labute approximate surface area is 121 Å². The van der Waals surface area contributed by atoms with Gasteiger partial charge in [-0.15, -0.1) is 0 Å². The summed E-state index contributed by atoms with van der Waals surface area (Å²) in [6.45, 7) is 8.78. The van der Waals surface area contributed by atoms with Crippen LogP contribution in [-0.4, -0.2) is 35.6 Å². The van der Waals surface area contributed by atoms with Crippen LogP contribution in [0, 0.1) is 5.92 Å². The summed E-state index contributed by atoms with van der Waals surface area (Å²) < 4.78 is 0. The zero-order valence-corrected chi connectivity index (χ0v) is 12.7. The third-order valence-corrected chi connectivity index (χ3v) is 3.82. The number of halogens is 1. The maximum Gasteiger partial charge on any atom is 0.0558 e. The number of nitrogens with one attached hydrogen (secondary N) is 1. The largest absolute Gasteiger partial charge is 0.314 e. The number of hydrogen-bond acceptors (Lipinski definition) is 3. The number of hydrogen-bond donors (Lipinski definition) is 1. The van der Waals surface area contributed by atoms with Crippen LogP contribution in [0.4, 0.5) is 0 Å². The Kier molecular flexibility index (Phi) is 5.61. The molecule has 1 atom stereocenters. The molecule has 0 aliphatic carbocycles. The third kappa shape index (κ3) is 5.09. The Bertz CT molecular complexity index is 395. The predicted octanol–water partition coefficient (Wildman–Crippen LogP) is 2.95. The van der Waals surface area contributed by atoms with E-state index in [1.165, 1.54) is 19.4 Å². The SMILES string of the molecule is CC(C)NCC1CCCN(Cc2cc(Cl)ccn2)C1. The number of pyridine rings is 1. The minimum atomic E-state index is 0.574. The van der Waals surface area contributed by atoms with Crippen molar-refractivity contribution < 1.29 is 0 Å². The Morgan fingerprint density at radius 2 is 2.37 bits per heavy atom. The lowest BCUT2D eigenvalue weighted by Gasteiger charge is -2.33. The Hall–Kier alpha value is -0.640. The number of likely N-dealkylation sites (tertiary alicyclic amines) is 1.